The monoisotopic (exact) mass is 308 g/mol. The normalized spacial score (nSPS) is 15.0. The van der Waals surface area contributed by atoms with E-state index in [0.717, 1.165) is 11.0 Å². The molecule has 4 nitrogen and oxygen atoms in total. The molecule has 1 aromatic heterocycles. The number of allylic oxidation sites excluding steroid dienone is 3. The van der Waals surface area contributed by atoms with E-state index in [2.05, 4.69) is 10.3 Å². The van der Waals surface area contributed by atoms with Crippen LogP contribution in [0.5, 0.6) is 5.75 Å². The van der Waals surface area contributed by atoms with Crippen molar-refractivity contribution in [3.8, 4) is 5.75 Å². The number of nitrogens with one attached hydrogen (secondary N) is 1. The molecule has 0 bridgehead atoms. The Morgan fingerprint density at radius 2 is 2.13 bits per heavy atom. The van der Waals surface area contributed by atoms with E-state index in [1.807, 2.05) is 56.3 Å². The third-order valence-corrected chi connectivity index (χ3v) is 4.13. The first-order valence-corrected chi connectivity index (χ1v) is 7.81. The highest BCUT2D eigenvalue weighted by molar-refractivity contribution is 5.95. The molecule has 1 aromatic carbocycles. The van der Waals surface area contributed by atoms with E-state index in [9.17, 15) is 9.90 Å². The van der Waals surface area contributed by atoms with Gasteiger partial charge in [0.1, 0.15) is 11.3 Å². The highest BCUT2D eigenvalue weighted by atomic mass is 16.3. The largest absolute Gasteiger partial charge is 0.505 e. The van der Waals surface area contributed by atoms with E-state index in [0.29, 0.717) is 17.5 Å². The minimum Gasteiger partial charge on any atom is -0.505 e. The number of hydrogen-bond acceptors (Lipinski definition) is 3. The van der Waals surface area contributed by atoms with E-state index in [-0.39, 0.29) is 23.6 Å². The van der Waals surface area contributed by atoms with Crippen molar-refractivity contribution in [2.75, 3.05) is 0 Å². The summed E-state index contributed by atoms with van der Waals surface area (Å²) in [6.45, 7) is 4.04. The summed E-state index contributed by atoms with van der Waals surface area (Å²) in [5.41, 5.74) is 2.01. The number of aromatic nitrogens is 1. The van der Waals surface area contributed by atoms with Gasteiger partial charge >= 0.3 is 0 Å². The molecule has 2 N–H and O–H groups in total. The number of benzene rings is 1. The number of fused-ring (bicyclic) bond motifs is 1. The number of nitrogens with zero attached hydrogens (tertiary/aromatic N) is 1. The van der Waals surface area contributed by atoms with Crippen molar-refractivity contribution in [1.29, 1.82) is 0 Å². The van der Waals surface area contributed by atoms with Crippen molar-refractivity contribution < 1.29 is 9.90 Å². The Balaban J connectivity index is 1.95. The summed E-state index contributed by atoms with van der Waals surface area (Å²) in [4.78, 5) is 16.6. The fourth-order valence-corrected chi connectivity index (χ4v) is 2.85. The number of rotatable bonds is 4. The Hall–Kier alpha value is -2.62. The van der Waals surface area contributed by atoms with Gasteiger partial charge in [0.15, 0.2) is 0 Å². The van der Waals surface area contributed by atoms with Gasteiger partial charge in [0, 0.05) is 22.7 Å². The highest BCUT2D eigenvalue weighted by Gasteiger charge is 2.24. The van der Waals surface area contributed by atoms with Gasteiger partial charge in [-0.05, 0) is 18.4 Å². The average Bonchev–Trinajstić information content (AvgIpc) is 3.08. The third-order valence-electron chi connectivity index (χ3n) is 4.13. The topological polar surface area (TPSA) is 62.2 Å². The number of carbonyl (C=O) groups is 1. The highest BCUT2D eigenvalue weighted by Crippen LogP contribution is 2.34. The lowest BCUT2D eigenvalue weighted by molar-refractivity contribution is -0.118. The molecule has 2 aromatic rings. The lowest BCUT2D eigenvalue weighted by atomic mass is 9.93. The molecule has 0 saturated carbocycles. The molecule has 1 aliphatic carbocycles. The Kier molecular flexibility index (Phi) is 4.15. The van der Waals surface area contributed by atoms with Crippen LogP contribution in [0.2, 0.25) is 0 Å². The predicted octanol–water partition coefficient (Wildman–Crippen LogP) is 3.64. The van der Waals surface area contributed by atoms with Crippen LogP contribution in [0, 0.1) is 5.92 Å². The van der Waals surface area contributed by atoms with Crippen molar-refractivity contribution in [2.24, 2.45) is 5.92 Å². The molecule has 23 heavy (non-hydrogen) atoms. The third kappa shape index (κ3) is 2.97. The van der Waals surface area contributed by atoms with Gasteiger partial charge < -0.3 is 10.4 Å². The molecule has 0 fully saturated rings. The second kappa shape index (κ2) is 6.24. The quantitative estimate of drug-likeness (QED) is 0.906. The summed E-state index contributed by atoms with van der Waals surface area (Å²) < 4.78 is 0. The Morgan fingerprint density at radius 3 is 2.83 bits per heavy atom. The van der Waals surface area contributed by atoms with Crippen LogP contribution < -0.4 is 5.32 Å². The minimum atomic E-state index is -0.268. The summed E-state index contributed by atoms with van der Waals surface area (Å²) in [6.07, 6.45) is 7.98. The molecule has 1 amide bonds. The van der Waals surface area contributed by atoms with Crippen LogP contribution in [0.15, 0.2) is 54.3 Å². The van der Waals surface area contributed by atoms with Gasteiger partial charge in [0.2, 0.25) is 5.91 Å². The molecule has 1 heterocycles. The van der Waals surface area contributed by atoms with Gasteiger partial charge in [-0.15, -0.1) is 0 Å². The van der Waals surface area contributed by atoms with Gasteiger partial charge in [-0.3, -0.25) is 9.78 Å². The maximum Gasteiger partial charge on any atom is 0.248 e. The molecule has 0 saturated heterocycles. The molecule has 0 spiro atoms. The fourth-order valence-electron chi connectivity index (χ4n) is 2.85. The molecular formula is C19H20N2O2. The SMILES string of the molecule is CC(C)C(NC(=O)C1=CC=CC1)c1ccc2cccnc2c1O. The van der Waals surface area contributed by atoms with Crippen LogP contribution in [-0.4, -0.2) is 16.0 Å². The number of amides is 1. The maximum atomic E-state index is 12.4. The van der Waals surface area contributed by atoms with Crippen molar-refractivity contribution in [2.45, 2.75) is 26.3 Å². The molecule has 4 heteroatoms. The maximum absolute atomic E-state index is 12.4. The van der Waals surface area contributed by atoms with Gasteiger partial charge in [-0.2, -0.15) is 0 Å². The standard InChI is InChI=1S/C19H20N2O2/c1-12(2)16(21-19(23)14-6-3-4-7-14)15-10-9-13-8-5-11-20-17(13)18(15)22/h3-6,8-12,16,22H,7H2,1-2H3,(H,21,23). The number of aromatic hydroxyl groups is 1. The first kappa shape index (κ1) is 15.3. The lowest BCUT2D eigenvalue weighted by Crippen LogP contribution is -2.32. The summed E-state index contributed by atoms with van der Waals surface area (Å²) in [5.74, 6) is 0.191. The predicted molar refractivity (Wildman–Crippen MR) is 91.0 cm³/mol. The van der Waals surface area contributed by atoms with E-state index < -0.39 is 0 Å². The lowest BCUT2D eigenvalue weighted by Gasteiger charge is -2.24. The fraction of sp³-hybridized carbons (Fsp3) is 0.263. The molecule has 1 atom stereocenters. The number of pyridine rings is 1. The zero-order chi connectivity index (χ0) is 16.4. The number of phenols is 1. The molecule has 0 aliphatic heterocycles. The number of carbonyl (C=O) groups excluding carboxylic acids is 1. The summed E-state index contributed by atoms with van der Waals surface area (Å²) in [5, 5.41) is 14.5. The van der Waals surface area contributed by atoms with E-state index in [1.54, 1.807) is 6.20 Å². The van der Waals surface area contributed by atoms with Crippen molar-refractivity contribution in [3.63, 3.8) is 0 Å². The van der Waals surface area contributed by atoms with Gasteiger partial charge in [0.05, 0.1) is 6.04 Å². The second-order valence-corrected chi connectivity index (χ2v) is 6.10. The van der Waals surface area contributed by atoms with Crippen LogP contribution >= 0.6 is 0 Å². The molecule has 0 radical (unpaired) electrons. The van der Waals surface area contributed by atoms with E-state index in [4.69, 9.17) is 0 Å². The van der Waals surface area contributed by atoms with Crippen LogP contribution in [-0.2, 0) is 4.79 Å². The van der Waals surface area contributed by atoms with Gasteiger partial charge in [-0.25, -0.2) is 0 Å². The second-order valence-electron chi connectivity index (χ2n) is 6.10. The van der Waals surface area contributed by atoms with E-state index >= 15 is 0 Å². The molecule has 1 aliphatic rings. The zero-order valence-corrected chi connectivity index (χ0v) is 13.3. The van der Waals surface area contributed by atoms with Crippen LogP contribution in [0.1, 0.15) is 31.9 Å². The first-order valence-electron chi connectivity index (χ1n) is 7.81. The summed E-state index contributed by atoms with van der Waals surface area (Å²) in [7, 11) is 0. The zero-order valence-electron chi connectivity index (χ0n) is 13.3. The summed E-state index contributed by atoms with van der Waals surface area (Å²) >= 11 is 0. The van der Waals surface area contributed by atoms with Crippen molar-refractivity contribution in [3.05, 3.63) is 59.8 Å². The Labute approximate surface area is 135 Å². The minimum absolute atomic E-state index is 0.0887. The van der Waals surface area contributed by atoms with Crippen molar-refractivity contribution in [1.82, 2.24) is 10.3 Å². The molecule has 1 unspecified atom stereocenters. The molecule has 3 rings (SSSR count). The van der Waals surface area contributed by atoms with Gasteiger partial charge in [-0.1, -0.05) is 50.3 Å². The average molecular weight is 308 g/mol. The first-order chi connectivity index (χ1) is 11.1. The number of hydrogen-bond donors (Lipinski definition) is 2. The summed E-state index contributed by atoms with van der Waals surface area (Å²) in [6, 6.07) is 7.27. The van der Waals surface area contributed by atoms with Crippen LogP contribution in [0.4, 0.5) is 0 Å². The Morgan fingerprint density at radius 1 is 1.30 bits per heavy atom. The van der Waals surface area contributed by atoms with Gasteiger partial charge in [0.25, 0.3) is 0 Å². The molecule has 118 valence electrons. The van der Waals surface area contributed by atoms with Crippen LogP contribution in [0.25, 0.3) is 10.9 Å². The smallest absolute Gasteiger partial charge is 0.248 e. The molecular weight excluding hydrogens is 288 g/mol. The number of phenolic OH excluding ortho intramolecular Hbond substituents is 1. The van der Waals surface area contributed by atoms with Crippen molar-refractivity contribution >= 4 is 16.8 Å². The Bertz CT molecular complexity index is 806. The van der Waals surface area contributed by atoms with E-state index in [1.165, 1.54) is 0 Å². The van der Waals surface area contributed by atoms with Crippen LogP contribution in [0.3, 0.4) is 0 Å².